The van der Waals surface area contributed by atoms with Crippen molar-refractivity contribution >= 4 is 21.9 Å². The summed E-state index contributed by atoms with van der Waals surface area (Å²) < 4.78 is 28.1. The molecule has 9 heteroatoms. The van der Waals surface area contributed by atoms with Gasteiger partial charge < -0.3 is 9.80 Å². The molecule has 1 aliphatic rings. The summed E-state index contributed by atoms with van der Waals surface area (Å²) >= 11 is 0. The van der Waals surface area contributed by atoms with E-state index in [4.69, 9.17) is 0 Å². The summed E-state index contributed by atoms with van der Waals surface area (Å²) in [6, 6.07) is 5.40. The van der Waals surface area contributed by atoms with Crippen molar-refractivity contribution < 1.29 is 8.42 Å². The van der Waals surface area contributed by atoms with Crippen LogP contribution in [0.1, 0.15) is 29.8 Å². The molecule has 1 heterocycles. The van der Waals surface area contributed by atoms with Crippen LogP contribution in [0.25, 0.3) is 0 Å². The summed E-state index contributed by atoms with van der Waals surface area (Å²) in [4.78, 5) is 16.8. The maximum atomic E-state index is 12.7. The monoisotopic (exact) mass is 390 g/mol. The second-order valence-corrected chi connectivity index (χ2v) is 8.87. The molecule has 1 aromatic heterocycles. The molecule has 27 heavy (non-hydrogen) atoms. The predicted molar refractivity (Wildman–Crippen MR) is 106 cm³/mol. The molecule has 8 nitrogen and oxygen atoms in total. The highest BCUT2D eigenvalue weighted by Crippen LogP contribution is 2.24. The molecule has 1 aliphatic carbocycles. The van der Waals surface area contributed by atoms with Gasteiger partial charge in [-0.05, 0) is 48.9 Å². The Balaban J connectivity index is 1.81. The van der Waals surface area contributed by atoms with Crippen LogP contribution in [-0.2, 0) is 29.4 Å². The number of fused-ring (bicyclic) bond motifs is 1. The van der Waals surface area contributed by atoms with Crippen molar-refractivity contribution in [1.29, 1.82) is 0 Å². The van der Waals surface area contributed by atoms with Gasteiger partial charge in [0.2, 0.25) is 21.9 Å². The van der Waals surface area contributed by atoms with Crippen LogP contribution >= 0.6 is 0 Å². The Labute approximate surface area is 160 Å². The van der Waals surface area contributed by atoms with Crippen LogP contribution < -0.4 is 14.5 Å². The minimum absolute atomic E-state index is 0.00359. The fraction of sp³-hybridized carbons (Fsp3) is 0.500. The second kappa shape index (κ2) is 7.77. The molecule has 2 aromatic rings. The third kappa shape index (κ3) is 4.54. The second-order valence-electron chi connectivity index (χ2n) is 7.10. The molecule has 1 N–H and O–H groups in total. The molecule has 0 saturated heterocycles. The first kappa shape index (κ1) is 19.5. The van der Waals surface area contributed by atoms with Gasteiger partial charge in [0.05, 0.1) is 11.4 Å². The third-order valence-corrected chi connectivity index (χ3v) is 5.91. The Kier molecular flexibility index (Phi) is 5.61. The van der Waals surface area contributed by atoms with Crippen LogP contribution in [0.15, 0.2) is 23.1 Å². The minimum Gasteiger partial charge on any atom is -0.347 e. The van der Waals surface area contributed by atoms with Gasteiger partial charge in [0, 0.05) is 28.2 Å². The standard InChI is InChI=1S/C18H26N6O2S/c1-23(2)17-20-16(21-18(22-17)24(3)4)12-19-27(25,26)15-10-9-13-7-5-6-8-14(13)11-15/h9-11,19H,5-8,12H2,1-4H3. The lowest BCUT2D eigenvalue weighted by atomic mass is 9.92. The number of sulfonamides is 1. The van der Waals surface area contributed by atoms with Crippen molar-refractivity contribution in [2.24, 2.45) is 0 Å². The molecule has 146 valence electrons. The average Bonchev–Trinajstić information content (AvgIpc) is 2.65. The number of aryl methyl sites for hydroxylation is 2. The number of nitrogens with zero attached hydrogens (tertiary/aromatic N) is 5. The van der Waals surface area contributed by atoms with Crippen LogP contribution in [0.2, 0.25) is 0 Å². The van der Waals surface area contributed by atoms with E-state index in [0.717, 1.165) is 24.8 Å². The van der Waals surface area contributed by atoms with Crippen molar-refractivity contribution in [3.05, 3.63) is 35.2 Å². The van der Waals surface area contributed by atoms with Gasteiger partial charge in [0.15, 0.2) is 5.82 Å². The van der Waals surface area contributed by atoms with Gasteiger partial charge in [0.1, 0.15) is 0 Å². The zero-order valence-corrected chi connectivity index (χ0v) is 17.0. The zero-order chi connectivity index (χ0) is 19.6. The van der Waals surface area contributed by atoms with Crippen LogP contribution in [-0.4, -0.2) is 51.6 Å². The largest absolute Gasteiger partial charge is 0.347 e. The van der Waals surface area contributed by atoms with Crippen molar-refractivity contribution in [1.82, 2.24) is 19.7 Å². The summed E-state index contributed by atoms with van der Waals surface area (Å²) in [6.07, 6.45) is 4.23. The molecule has 0 saturated carbocycles. The van der Waals surface area contributed by atoms with Gasteiger partial charge >= 0.3 is 0 Å². The average molecular weight is 391 g/mol. The van der Waals surface area contributed by atoms with E-state index in [9.17, 15) is 8.42 Å². The third-order valence-electron chi connectivity index (χ3n) is 4.51. The molecule has 0 fully saturated rings. The number of hydrogen-bond acceptors (Lipinski definition) is 7. The first-order chi connectivity index (χ1) is 12.8. The van der Waals surface area contributed by atoms with Gasteiger partial charge in [-0.2, -0.15) is 15.0 Å². The van der Waals surface area contributed by atoms with Crippen molar-refractivity contribution in [3.63, 3.8) is 0 Å². The summed E-state index contributed by atoms with van der Waals surface area (Å²) in [7, 11) is 3.68. The summed E-state index contributed by atoms with van der Waals surface area (Å²) in [5.41, 5.74) is 2.39. The Hall–Kier alpha value is -2.26. The molecule has 0 aliphatic heterocycles. The smallest absolute Gasteiger partial charge is 0.240 e. The van der Waals surface area contributed by atoms with E-state index in [1.807, 2.05) is 34.3 Å². The number of hydrogen-bond donors (Lipinski definition) is 1. The van der Waals surface area contributed by atoms with Crippen LogP contribution in [0.5, 0.6) is 0 Å². The molecule has 0 spiro atoms. The van der Waals surface area contributed by atoms with Crippen molar-refractivity contribution in [2.45, 2.75) is 37.1 Å². The fourth-order valence-corrected chi connectivity index (χ4v) is 4.02. The molecule has 1 aromatic carbocycles. The molecule has 0 atom stereocenters. The normalized spacial score (nSPS) is 13.9. The molecule has 0 amide bonds. The summed E-state index contributed by atoms with van der Waals surface area (Å²) in [5, 5.41) is 0. The number of nitrogens with one attached hydrogen (secondary N) is 1. The summed E-state index contributed by atoms with van der Waals surface area (Å²) in [6.45, 7) is 0.00359. The Morgan fingerprint density at radius 3 is 2.11 bits per heavy atom. The highest BCUT2D eigenvalue weighted by atomic mass is 32.2. The first-order valence-corrected chi connectivity index (χ1v) is 10.5. The number of anilines is 2. The van der Waals surface area contributed by atoms with Crippen LogP contribution in [0, 0.1) is 0 Å². The van der Waals surface area contributed by atoms with Crippen molar-refractivity contribution in [3.8, 4) is 0 Å². The molecule has 0 unspecified atom stereocenters. The molecular formula is C18H26N6O2S. The van der Waals surface area contributed by atoms with E-state index >= 15 is 0 Å². The van der Waals surface area contributed by atoms with E-state index < -0.39 is 10.0 Å². The van der Waals surface area contributed by atoms with E-state index in [0.29, 0.717) is 17.7 Å². The molecular weight excluding hydrogens is 364 g/mol. The maximum absolute atomic E-state index is 12.7. The Bertz CT molecular complexity index is 901. The van der Waals surface area contributed by atoms with Gasteiger partial charge in [0.25, 0.3) is 0 Å². The SMILES string of the molecule is CN(C)c1nc(CNS(=O)(=O)c2ccc3c(c2)CCCC3)nc(N(C)C)n1. The van der Waals surface area contributed by atoms with E-state index in [-0.39, 0.29) is 11.4 Å². The quantitative estimate of drug-likeness (QED) is 0.796. The predicted octanol–water partition coefficient (Wildman–Crippen LogP) is 1.36. The van der Waals surface area contributed by atoms with Gasteiger partial charge in [-0.25, -0.2) is 13.1 Å². The summed E-state index contributed by atoms with van der Waals surface area (Å²) in [5.74, 6) is 1.34. The van der Waals surface area contributed by atoms with Crippen molar-refractivity contribution in [2.75, 3.05) is 38.0 Å². The molecule has 0 radical (unpaired) electrons. The molecule has 3 rings (SSSR count). The van der Waals surface area contributed by atoms with Crippen LogP contribution in [0.4, 0.5) is 11.9 Å². The van der Waals surface area contributed by atoms with Gasteiger partial charge in [-0.1, -0.05) is 6.07 Å². The van der Waals surface area contributed by atoms with E-state index in [2.05, 4.69) is 19.7 Å². The maximum Gasteiger partial charge on any atom is 0.240 e. The topological polar surface area (TPSA) is 91.3 Å². The van der Waals surface area contributed by atoms with E-state index in [1.165, 1.54) is 12.0 Å². The zero-order valence-electron chi connectivity index (χ0n) is 16.2. The Morgan fingerprint density at radius 2 is 1.52 bits per heavy atom. The van der Waals surface area contributed by atoms with Crippen LogP contribution in [0.3, 0.4) is 0 Å². The highest BCUT2D eigenvalue weighted by molar-refractivity contribution is 7.89. The molecule has 0 bridgehead atoms. The lowest BCUT2D eigenvalue weighted by molar-refractivity contribution is 0.578. The fourth-order valence-electron chi connectivity index (χ4n) is 2.99. The van der Waals surface area contributed by atoms with Gasteiger partial charge in [-0.15, -0.1) is 0 Å². The lowest BCUT2D eigenvalue weighted by Crippen LogP contribution is -2.26. The number of benzene rings is 1. The lowest BCUT2D eigenvalue weighted by Gasteiger charge is -2.17. The number of aromatic nitrogens is 3. The highest BCUT2D eigenvalue weighted by Gasteiger charge is 2.19. The minimum atomic E-state index is -3.64. The number of rotatable bonds is 6. The van der Waals surface area contributed by atoms with Gasteiger partial charge in [-0.3, -0.25) is 0 Å². The first-order valence-electron chi connectivity index (χ1n) is 8.97. The van der Waals surface area contributed by atoms with E-state index in [1.54, 1.807) is 21.9 Å². The Morgan fingerprint density at radius 1 is 0.926 bits per heavy atom.